The van der Waals surface area contributed by atoms with Gasteiger partial charge in [0.2, 0.25) is 0 Å². The number of aromatic nitrogens is 2. The number of hydrogen-bond acceptors (Lipinski definition) is 4. The molecule has 0 saturated heterocycles. The molecule has 6 heteroatoms. The largest absolute Gasteiger partial charge is 0.296 e. The second-order valence-corrected chi connectivity index (χ2v) is 5.20. The summed E-state index contributed by atoms with van der Waals surface area (Å²) in [5.74, 6) is 0. The van der Waals surface area contributed by atoms with E-state index in [1.54, 1.807) is 17.4 Å². The zero-order chi connectivity index (χ0) is 12.3. The van der Waals surface area contributed by atoms with Gasteiger partial charge in [0.25, 0.3) is 0 Å². The van der Waals surface area contributed by atoms with E-state index in [9.17, 15) is 0 Å². The molecule has 3 nitrogen and oxygen atoms in total. The third-order valence-corrected chi connectivity index (χ3v) is 3.42. The number of rotatable bonds is 4. The van der Waals surface area contributed by atoms with Crippen LogP contribution in [0.3, 0.4) is 0 Å². The Hall–Kier alpha value is -0.680. The minimum atomic E-state index is 0.418. The number of nitrogens with zero attached hydrogens (tertiary/aromatic N) is 3. The fourth-order valence-corrected chi connectivity index (χ4v) is 2.45. The molecular weight excluding hydrogens is 277 g/mol. The molecule has 2 aromatic heterocycles. The van der Waals surface area contributed by atoms with Crippen molar-refractivity contribution >= 4 is 34.5 Å². The molecule has 0 spiro atoms. The third kappa shape index (κ3) is 3.64. The van der Waals surface area contributed by atoms with E-state index >= 15 is 0 Å². The summed E-state index contributed by atoms with van der Waals surface area (Å²) in [6.07, 6.45) is 0. The average molecular weight is 288 g/mol. The van der Waals surface area contributed by atoms with E-state index < -0.39 is 0 Å². The summed E-state index contributed by atoms with van der Waals surface area (Å²) >= 11 is 13.4. The van der Waals surface area contributed by atoms with Crippen LogP contribution in [0, 0.1) is 0 Å². The lowest BCUT2D eigenvalue weighted by Gasteiger charge is -2.15. The van der Waals surface area contributed by atoms with Crippen LogP contribution in [0.25, 0.3) is 0 Å². The first-order valence-electron chi connectivity index (χ1n) is 5.01. The second kappa shape index (κ2) is 5.78. The Morgan fingerprint density at radius 2 is 2.12 bits per heavy atom. The van der Waals surface area contributed by atoms with E-state index in [1.165, 1.54) is 0 Å². The van der Waals surface area contributed by atoms with Crippen molar-refractivity contribution in [3.63, 3.8) is 0 Å². The molecule has 0 bridgehead atoms. The van der Waals surface area contributed by atoms with Crippen molar-refractivity contribution in [1.82, 2.24) is 14.9 Å². The summed E-state index contributed by atoms with van der Waals surface area (Å²) in [6, 6.07) is 3.65. The second-order valence-electron chi connectivity index (χ2n) is 3.74. The van der Waals surface area contributed by atoms with Gasteiger partial charge in [-0.3, -0.25) is 4.90 Å². The van der Waals surface area contributed by atoms with Gasteiger partial charge in [-0.25, -0.2) is 9.97 Å². The van der Waals surface area contributed by atoms with Gasteiger partial charge in [-0.2, -0.15) is 0 Å². The van der Waals surface area contributed by atoms with Gasteiger partial charge < -0.3 is 0 Å². The predicted octanol–water partition coefficient (Wildman–Crippen LogP) is 3.48. The number of pyridine rings is 1. The predicted molar refractivity (Wildman–Crippen MR) is 71.5 cm³/mol. The molecular formula is C11H11Cl2N3S. The molecule has 0 aromatic carbocycles. The summed E-state index contributed by atoms with van der Waals surface area (Å²) in [6.45, 7) is 1.52. The summed E-state index contributed by atoms with van der Waals surface area (Å²) in [5.41, 5.74) is 3.87. The fraction of sp³-hybridized carbons (Fsp3) is 0.273. The van der Waals surface area contributed by atoms with Gasteiger partial charge in [0.15, 0.2) is 0 Å². The standard InChI is InChI=1S/C11H11Cl2N3S/c1-16(5-9-6-17-7-14-9)4-8-2-3-10(12)15-11(8)13/h2-3,6-7H,4-5H2,1H3. The van der Waals surface area contributed by atoms with E-state index in [0.29, 0.717) is 10.3 Å². The van der Waals surface area contributed by atoms with Crippen LogP contribution in [0.5, 0.6) is 0 Å². The lowest BCUT2D eigenvalue weighted by Crippen LogP contribution is -2.17. The molecule has 2 aromatic rings. The van der Waals surface area contributed by atoms with Crippen molar-refractivity contribution in [3.05, 3.63) is 44.6 Å². The molecule has 2 rings (SSSR count). The molecule has 0 unspecified atom stereocenters. The first kappa shape index (κ1) is 12.8. The maximum Gasteiger partial charge on any atom is 0.135 e. The van der Waals surface area contributed by atoms with Crippen molar-refractivity contribution in [2.24, 2.45) is 0 Å². The van der Waals surface area contributed by atoms with Crippen LogP contribution in [-0.2, 0) is 13.1 Å². The van der Waals surface area contributed by atoms with Crippen LogP contribution >= 0.6 is 34.5 Å². The van der Waals surface area contributed by atoms with Gasteiger partial charge in [0.1, 0.15) is 10.3 Å². The molecule has 90 valence electrons. The van der Waals surface area contributed by atoms with E-state index in [4.69, 9.17) is 23.2 Å². The Morgan fingerprint density at radius 3 is 2.76 bits per heavy atom. The highest BCUT2D eigenvalue weighted by Gasteiger charge is 2.07. The van der Waals surface area contributed by atoms with Crippen LogP contribution < -0.4 is 0 Å². The minimum Gasteiger partial charge on any atom is -0.296 e. The van der Waals surface area contributed by atoms with E-state index in [0.717, 1.165) is 24.3 Å². The molecule has 0 N–H and O–H groups in total. The number of hydrogen-bond donors (Lipinski definition) is 0. The topological polar surface area (TPSA) is 29.0 Å². The molecule has 2 heterocycles. The Morgan fingerprint density at radius 1 is 1.29 bits per heavy atom. The van der Waals surface area contributed by atoms with Crippen molar-refractivity contribution in [1.29, 1.82) is 0 Å². The zero-order valence-corrected chi connectivity index (χ0v) is 11.6. The maximum absolute atomic E-state index is 6.02. The van der Waals surface area contributed by atoms with E-state index in [1.807, 2.05) is 24.0 Å². The monoisotopic (exact) mass is 287 g/mol. The quantitative estimate of drug-likeness (QED) is 0.807. The van der Waals surface area contributed by atoms with Crippen molar-refractivity contribution in [3.8, 4) is 0 Å². The Labute approximate surface area is 114 Å². The molecule has 0 fully saturated rings. The normalized spacial score (nSPS) is 11.1. The number of thiazole rings is 1. The lowest BCUT2D eigenvalue weighted by molar-refractivity contribution is 0.315. The first-order valence-corrected chi connectivity index (χ1v) is 6.71. The van der Waals surface area contributed by atoms with Crippen LogP contribution in [0.15, 0.2) is 23.0 Å². The Kier molecular flexibility index (Phi) is 4.34. The highest BCUT2D eigenvalue weighted by Crippen LogP contribution is 2.18. The molecule has 0 aliphatic heterocycles. The van der Waals surface area contributed by atoms with Crippen LogP contribution in [-0.4, -0.2) is 21.9 Å². The molecule has 0 saturated carbocycles. The molecule has 0 aliphatic rings. The molecule has 0 aliphatic carbocycles. The van der Waals surface area contributed by atoms with E-state index in [-0.39, 0.29) is 0 Å². The van der Waals surface area contributed by atoms with Gasteiger partial charge in [-0.05, 0) is 13.1 Å². The lowest BCUT2D eigenvalue weighted by atomic mass is 10.2. The van der Waals surface area contributed by atoms with Crippen LogP contribution in [0.2, 0.25) is 10.3 Å². The summed E-state index contributed by atoms with van der Waals surface area (Å²) in [5, 5.41) is 2.92. The van der Waals surface area contributed by atoms with Gasteiger partial charge in [-0.15, -0.1) is 11.3 Å². The average Bonchev–Trinajstić information content (AvgIpc) is 2.75. The van der Waals surface area contributed by atoms with Gasteiger partial charge >= 0.3 is 0 Å². The first-order chi connectivity index (χ1) is 8.15. The molecule has 0 amide bonds. The fourth-order valence-electron chi connectivity index (χ4n) is 1.50. The highest BCUT2D eigenvalue weighted by molar-refractivity contribution is 7.07. The Balaban J connectivity index is 2.00. The highest BCUT2D eigenvalue weighted by atomic mass is 35.5. The molecule has 0 atom stereocenters. The maximum atomic E-state index is 6.02. The van der Waals surface area contributed by atoms with Gasteiger partial charge in [0.05, 0.1) is 11.2 Å². The van der Waals surface area contributed by atoms with Crippen LogP contribution in [0.1, 0.15) is 11.3 Å². The SMILES string of the molecule is CN(Cc1cscn1)Cc1ccc(Cl)nc1Cl. The van der Waals surface area contributed by atoms with Crippen LogP contribution in [0.4, 0.5) is 0 Å². The molecule has 17 heavy (non-hydrogen) atoms. The van der Waals surface area contributed by atoms with Crippen molar-refractivity contribution in [2.45, 2.75) is 13.1 Å². The summed E-state index contributed by atoms with van der Waals surface area (Å²) in [4.78, 5) is 10.4. The van der Waals surface area contributed by atoms with E-state index in [2.05, 4.69) is 14.9 Å². The third-order valence-electron chi connectivity index (χ3n) is 2.25. The van der Waals surface area contributed by atoms with Gasteiger partial charge in [-0.1, -0.05) is 29.3 Å². The molecule has 0 radical (unpaired) electrons. The summed E-state index contributed by atoms with van der Waals surface area (Å²) in [7, 11) is 2.02. The zero-order valence-electron chi connectivity index (χ0n) is 9.23. The minimum absolute atomic E-state index is 0.418. The van der Waals surface area contributed by atoms with Crippen molar-refractivity contribution < 1.29 is 0 Å². The van der Waals surface area contributed by atoms with Crippen molar-refractivity contribution in [2.75, 3.05) is 7.05 Å². The smallest absolute Gasteiger partial charge is 0.135 e. The van der Waals surface area contributed by atoms with Gasteiger partial charge in [0, 0.05) is 24.0 Å². The summed E-state index contributed by atoms with van der Waals surface area (Å²) < 4.78 is 0. The Bertz CT molecular complexity index is 487. The number of halogens is 2.